The summed E-state index contributed by atoms with van der Waals surface area (Å²) in [5.74, 6) is -4.40. The van der Waals surface area contributed by atoms with Crippen LogP contribution in [0.5, 0.6) is 0 Å². The lowest BCUT2D eigenvalue weighted by Crippen LogP contribution is -2.15. The molecule has 1 N–H and O–H groups in total. The number of esters is 5. The highest BCUT2D eigenvalue weighted by atomic mass is 16.6. The third-order valence-corrected chi connectivity index (χ3v) is 5.45. The Hall–Kier alpha value is -5.52. The van der Waals surface area contributed by atoms with E-state index in [1.54, 1.807) is 6.92 Å². The molecule has 42 heavy (non-hydrogen) atoms. The van der Waals surface area contributed by atoms with Gasteiger partial charge in [-0.3, -0.25) is 0 Å². The molecule has 0 saturated heterocycles. The average molecular weight is 579 g/mol. The molecule has 0 fully saturated rings. The van der Waals surface area contributed by atoms with Crippen molar-refractivity contribution in [3.8, 4) is 0 Å². The standard InChI is InChI=1S/C30H26O12/c1-2-38-26(33)20-7-9-22(10-8-20)28(35)40-17-18-42-30(37)24-13-11-23(12-14-24)29(36)41-16-15-39-27(34)21-5-3-19(4-6-21)25(31)32/h3-14H,2,15-18H2,1H3,(H,31,32). The highest BCUT2D eigenvalue weighted by Crippen LogP contribution is 2.10. The van der Waals surface area contributed by atoms with Crippen molar-refractivity contribution in [2.45, 2.75) is 6.92 Å². The molecular formula is C30H26O12. The second-order valence-corrected chi connectivity index (χ2v) is 8.30. The molecule has 0 unspecified atom stereocenters. The number of benzene rings is 3. The van der Waals surface area contributed by atoms with Crippen molar-refractivity contribution in [3.63, 3.8) is 0 Å². The Kier molecular flexibility index (Phi) is 11.3. The van der Waals surface area contributed by atoms with E-state index in [4.69, 9.17) is 28.8 Å². The van der Waals surface area contributed by atoms with E-state index >= 15 is 0 Å². The summed E-state index contributed by atoms with van der Waals surface area (Å²) < 4.78 is 25.1. The molecule has 0 bridgehead atoms. The van der Waals surface area contributed by atoms with E-state index in [-0.39, 0.29) is 60.9 Å². The molecule has 0 aliphatic rings. The smallest absolute Gasteiger partial charge is 0.338 e. The van der Waals surface area contributed by atoms with E-state index in [9.17, 15) is 28.8 Å². The van der Waals surface area contributed by atoms with Gasteiger partial charge in [0.25, 0.3) is 0 Å². The minimum Gasteiger partial charge on any atom is -0.478 e. The van der Waals surface area contributed by atoms with Gasteiger partial charge in [0, 0.05) is 0 Å². The van der Waals surface area contributed by atoms with Crippen LogP contribution < -0.4 is 0 Å². The highest BCUT2D eigenvalue weighted by molar-refractivity contribution is 5.95. The van der Waals surface area contributed by atoms with Gasteiger partial charge in [-0.2, -0.15) is 0 Å². The van der Waals surface area contributed by atoms with E-state index in [2.05, 4.69) is 0 Å². The fourth-order valence-electron chi connectivity index (χ4n) is 3.32. The maximum atomic E-state index is 12.2. The van der Waals surface area contributed by atoms with Crippen LogP contribution in [0.25, 0.3) is 0 Å². The first-order chi connectivity index (χ1) is 20.2. The molecule has 0 atom stereocenters. The SMILES string of the molecule is CCOC(=O)c1ccc(C(=O)OCCOC(=O)c2ccc(C(=O)OCCOC(=O)c3ccc(C(=O)O)cc3)cc2)cc1. The molecule has 0 amide bonds. The van der Waals surface area contributed by atoms with E-state index in [0.29, 0.717) is 5.56 Å². The van der Waals surface area contributed by atoms with Crippen LogP contribution in [0.1, 0.15) is 69.1 Å². The lowest BCUT2D eigenvalue weighted by molar-refractivity contribution is 0.0263. The molecule has 3 aromatic rings. The number of carboxylic acids is 1. The van der Waals surface area contributed by atoms with Gasteiger partial charge in [0.2, 0.25) is 0 Å². The summed E-state index contributed by atoms with van der Waals surface area (Å²) in [7, 11) is 0. The second-order valence-electron chi connectivity index (χ2n) is 8.30. The molecule has 0 spiro atoms. The van der Waals surface area contributed by atoms with Crippen molar-refractivity contribution >= 4 is 35.8 Å². The Balaban J connectivity index is 1.35. The third kappa shape index (κ3) is 9.01. The number of hydrogen-bond acceptors (Lipinski definition) is 11. The van der Waals surface area contributed by atoms with Crippen LogP contribution >= 0.6 is 0 Å². The van der Waals surface area contributed by atoms with Crippen LogP contribution in [0.3, 0.4) is 0 Å². The Labute approximate surface area is 239 Å². The van der Waals surface area contributed by atoms with Gasteiger partial charge in [-0.1, -0.05) is 0 Å². The van der Waals surface area contributed by atoms with Crippen molar-refractivity contribution in [1.82, 2.24) is 0 Å². The average Bonchev–Trinajstić information content (AvgIpc) is 3.01. The van der Waals surface area contributed by atoms with Gasteiger partial charge in [0.1, 0.15) is 26.4 Å². The molecule has 0 aliphatic carbocycles. The van der Waals surface area contributed by atoms with Crippen LogP contribution in [0.2, 0.25) is 0 Å². The molecular weight excluding hydrogens is 552 g/mol. The predicted octanol–water partition coefficient (Wildman–Crippen LogP) is 3.59. The predicted molar refractivity (Wildman–Crippen MR) is 143 cm³/mol. The van der Waals surface area contributed by atoms with Crippen molar-refractivity contribution in [1.29, 1.82) is 0 Å². The van der Waals surface area contributed by atoms with E-state index < -0.39 is 35.8 Å². The molecule has 12 heteroatoms. The Morgan fingerprint density at radius 1 is 0.429 bits per heavy atom. The summed E-state index contributed by atoms with van der Waals surface area (Å²) in [6.07, 6.45) is 0. The number of carboxylic acid groups (broad SMARTS) is 1. The van der Waals surface area contributed by atoms with Crippen molar-refractivity contribution in [2.24, 2.45) is 0 Å². The minimum absolute atomic E-state index is 0.0260. The number of carbonyl (C=O) groups excluding carboxylic acids is 5. The molecule has 0 aromatic heterocycles. The van der Waals surface area contributed by atoms with Gasteiger partial charge in [-0.15, -0.1) is 0 Å². The number of ether oxygens (including phenoxy) is 5. The van der Waals surface area contributed by atoms with Crippen molar-refractivity contribution < 1.29 is 57.6 Å². The van der Waals surface area contributed by atoms with Crippen LogP contribution in [0.4, 0.5) is 0 Å². The molecule has 12 nitrogen and oxygen atoms in total. The zero-order valence-electron chi connectivity index (χ0n) is 22.4. The van der Waals surface area contributed by atoms with Gasteiger partial charge in [-0.25, -0.2) is 28.8 Å². The van der Waals surface area contributed by atoms with E-state index in [0.717, 1.165) is 0 Å². The number of carbonyl (C=O) groups is 6. The Morgan fingerprint density at radius 2 is 0.643 bits per heavy atom. The summed E-state index contributed by atoms with van der Waals surface area (Å²) in [6, 6.07) is 16.3. The molecule has 3 rings (SSSR count). The monoisotopic (exact) mass is 578 g/mol. The van der Waals surface area contributed by atoms with E-state index in [1.165, 1.54) is 72.8 Å². The van der Waals surface area contributed by atoms with Crippen molar-refractivity contribution in [2.75, 3.05) is 33.0 Å². The topological polar surface area (TPSA) is 169 Å². The summed E-state index contributed by atoms with van der Waals surface area (Å²) in [6.45, 7) is 1.06. The Bertz CT molecular complexity index is 1420. The molecule has 0 aliphatic heterocycles. The summed E-state index contributed by atoms with van der Waals surface area (Å²) >= 11 is 0. The molecule has 0 saturated carbocycles. The van der Waals surface area contributed by atoms with Gasteiger partial charge >= 0.3 is 35.8 Å². The first-order valence-corrected chi connectivity index (χ1v) is 12.6. The fraction of sp³-hybridized carbons (Fsp3) is 0.200. The highest BCUT2D eigenvalue weighted by Gasteiger charge is 2.14. The van der Waals surface area contributed by atoms with Crippen LogP contribution in [-0.4, -0.2) is 74.0 Å². The minimum atomic E-state index is -1.12. The fourth-order valence-corrected chi connectivity index (χ4v) is 3.32. The molecule has 0 radical (unpaired) electrons. The van der Waals surface area contributed by atoms with E-state index in [1.807, 2.05) is 0 Å². The lowest BCUT2D eigenvalue weighted by atomic mass is 10.1. The first-order valence-electron chi connectivity index (χ1n) is 12.6. The zero-order valence-corrected chi connectivity index (χ0v) is 22.4. The summed E-state index contributed by atoms with van der Waals surface area (Å²) in [5, 5.41) is 8.89. The normalized spacial score (nSPS) is 10.2. The zero-order chi connectivity index (χ0) is 30.5. The van der Waals surface area contributed by atoms with Crippen LogP contribution in [-0.2, 0) is 23.7 Å². The van der Waals surface area contributed by atoms with Crippen molar-refractivity contribution in [3.05, 3.63) is 106 Å². The summed E-state index contributed by atoms with van der Waals surface area (Å²) in [5.41, 5.74) is 0.973. The largest absolute Gasteiger partial charge is 0.478 e. The molecule has 218 valence electrons. The van der Waals surface area contributed by atoms with Gasteiger partial charge in [0.15, 0.2) is 0 Å². The van der Waals surface area contributed by atoms with Gasteiger partial charge in [0.05, 0.1) is 40.0 Å². The van der Waals surface area contributed by atoms with Crippen LogP contribution in [0, 0.1) is 0 Å². The molecule has 3 aromatic carbocycles. The number of hydrogen-bond donors (Lipinski definition) is 1. The second kappa shape index (κ2) is 15.3. The third-order valence-electron chi connectivity index (χ3n) is 5.45. The Morgan fingerprint density at radius 3 is 0.857 bits per heavy atom. The number of aromatic carboxylic acids is 1. The lowest BCUT2D eigenvalue weighted by Gasteiger charge is -2.08. The maximum Gasteiger partial charge on any atom is 0.338 e. The summed E-state index contributed by atoms with van der Waals surface area (Å²) in [4.78, 5) is 71.1. The maximum absolute atomic E-state index is 12.2. The first kappa shape index (κ1) is 31.0. The van der Waals surface area contributed by atoms with Crippen LogP contribution in [0.15, 0.2) is 72.8 Å². The molecule has 0 heterocycles. The van der Waals surface area contributed by atoms with Gasteiger partial charge < -0.3 is 28.8 Å². The van der Waals surface area contributed by atoms with Gasteiger partial charge in [-0.05, 0) is 79.7 Å². The quantitative estimate of drug-likeness (QED) is 0.178. The number of rotatable bonds is 13.